The van der Waals surface area contributed by atoms with Crippen LogP contribution >= 0.6 is 22.6 Å². The van der Waals surface area contributed by atoms with E-state index < -0.39 is 0 Å². The molecule has 0 saturated heterocycles. The molecule has 5 nitrogen and oxygen atoms in total. The first-order chi connectivity index (χ1) is 9.56. The number of aryl methyl sites for hydroxylation is 1. The monoisotopic (exact) mass is 385 g/mol. The molecule has 106 valence electrons. The highest BCUT2D eigenvalue weighted by molar-refractivity contribution is 14.1. The van der Waals surface area contributed by atoms with Gasteiger partial charge in [-0.3, -0.25) is 0 Å². The molecule has 0 amide bonds. The lowest BCUT2D eigenvalue weighted by Gasteiger charge is -2.11. The minimum Gasteiger partial charge on any atom is -0.504 e. The van der Waals surface area contributed by atoms with Crippen LogP contribution in [0.5, 0.6) is 11.5 Å². The number of nitrogens with one attached hydrogen (secondary N) is 1. The van der Waals surface area contributed by atoms with Crippen LogP contribution in [0, 0.1) is 10.5 Å². The molecule has 2 N–H and O–H groups in total. The molecule has 1 heterocycles. The Morgan fingerprint density at radius 1 is 1.35 bits per heavy atom. The third kappa shape index (κ3) is 2.95. The molecule has 6 heteroatoms. The Hall–Kier alpha value is -1.57. The van der Waals surface area contributed by atoms with Crippen molar-refractivity contribution in [2.75, 3.05) is 19.0 Å². The number of hydrogen-bond donors (Lipinski definition) is 2. The summed E-state index contributed by atoms with van der Waals surface area (Å²) in [6.07, 6.45) is 0. The summed E-state index contributed by atoms with van der Waals surface area (Å²) in [4.78, 5) is 8.98. The van der Waals surface area contributed by atoms with Gasteiger partial charge >= 0.3 is 0 Å². The molecule has 0 saturated carbocycles. The van der Waals surface area contributed by atoms with Crippen molar-refractivity contribution < 1.29 is 9.84 Å². The van der Waals surface area contributed by atoms with Gasteiger partial charge in [0.05, 0.1) is 16.4 Å². The molecular formula is C14H16IN3O2. The third-order valence-electron chi connectivity index (χ3n) is 2.80. The predicted molar refractivity (Wildman–Crippen MR) is 87.3 cm³/mol. The number of phenolic OH excluding ortho intramolecular Hbond substituents is 1. The first kappa shape index (κ1) is 14.8. The maximum absolute atomic E-state index is 9.85. The zero-order valence-electron chi connectivity index (χ0n) is 11.6. The summed E-state index contributed by atoms with van der Waals surface area (Å²) in [7, 11) is 1.52. The van der Waals surface area contributed by atoms with Gasteiger partial charge < -0.3 is 15.2 Å². The predicted octanol–water partition coefficient (Wildman–Crippen LogP) is 3.20. The lowest BCUT2D eigenvalue weighted by molar-refractivity contribution is 0.373. The molecule has 0 aliphatic carbocycles. The fraction of sp³-hybridized carbons (Fsp3) is 0.286. The minimum atomic E-state index is 0.0785. The smallest absolute Gasteiger partial charge is 0.161 e. The van der Waals surface area contributed by atoms with Crippen molar-refractivity contribution in [2.24, 2.45) is 0 Å². The number of aromatic nitrogens is 2. The SMILES string of the molecule is CCNc1nc(-c2ccc(OC)c(O)c2)nc(C)c1I. The zero-order chi connectivity index (χ0) is 14.7. The molecule has 0 aliphatic rings. The van der Waals surface area contributed by atoms with E-state index in [0.29, 0.717) is 11.6 Å². The number of phenols is 1. The van der Waals surface area contributed by atoms with Gasteiger partial charge in [0, 0.05) is 12.1 Å². The Kier molecular flexibility index (Phi) is 4.64. The highest BCUT2D eigenvalue weighted by Crippen LogP contribution is 2.31. The standard InChI is InChI=1S/C14H16IN3O2/c1-4-16-14-12(15)8(2)17-13(18-14)9-5-6-11(20-3)10(19)7-9/h5-7,19H,4H2,1-3H3,(H,16,17,18). The van der Waals surface area contributed by atoms with Crippen molar-refractivity contribution >= 4 is 28.4 Å². The highest BCUT2D eigenvalue weighted by Gasteiger charge is 2.12. The van der Waals surface area contributed by atoms with Gasteiger partial charge in [0.2, 0.25) is 0 Å². The lowest BCUT2D eigenvalue weighted by Crippen LogP contribution is -2.06. The lowest BCUT2D eigenvalue weighted by atomic mass is 10.2. The van der Waals surface area contributed by atoms with Gasteiger partial charge in [0.1, 0.15) is 5.82 Å². The minimum absolute atomic E-state index is 0.0785. The van der Waals surface area contributed by atoms with Crippen molar-refractivity contribution in [2.45, 2.75) is 13.8 Å². The Morgan fingerprint density at radius 2 is 2.10 bits per heavy atom. The molecular weight excluding hydrogens is 369 g/mol. The van der Waals surface area contributed by atoms with E-state index in [1.54, 1.807) is 12.1 Å². The maximum Gasteiger partial charge on any atom is 0.161 e. The Labute approximate surface area is 131 Å². The summed E-state index contributed by atoms with van der Waals surface area (Å²) in [5.74, 6) is 1.90. The van der Waals surface area contributed by atoms with Crippen LogP contribution in [0.1, 0.15) is 12.6 Å². The maximum atomic E-state index is 9.85. The molecule has 20 heavy (non-hydrogen) atoms. The van der Waals surface area contributed by atoms with E-state index in [4.69, 9.17) is 4.74 Å². The molecule has 1 aromatic heterocycles. The summed E-state index contributed by atoms with van der Waals surface area (Å²) in [5.41, 5.74) is 1.66. The molecule has 0 atom stereocenters. The summed E-state index contributed by atoms with van der Waals surface area (Å²) in [6.45, 7) is 4.75. The molecule has 0 radical (unpaired) electrons. The summed E-state index contributed by atoms with van der Waals surface area (Å²) in [5, 5.41) is 13.1. The molecule has 0 aliphatic heterocycles. The molecule has 0 bridgehead atoms. The van der Waals surface area contributed by atoms with E-state index >= 15 is 0 Å². The third-order valence-corrected chi connectivity index (χ3v) is 4.09. The second kappa shape index (κ2) is 6.25. The fourth-order valence-corrected chi connectivity index (χ4v) is 2.23. The molecule has 0 spiro atoms. The van der Waals surface area contributed by atoms with Crippen LogP contribution in [0.3, 0.4) is 0 Å². The summed E-state index contributed by atoms with van der Waals surface area (Å²) < 4.78 is 6.04. The average molecular weight is 385 g/mol. The Morgan fingerprint density at radius 3 is 2.70 bits per heavy atom. The van der Waals surface area contributed by atoms with E-state index in [1.165, 1.54) is 7.11 Å². The fourth-order valence-electron chi connectivity index (χ4n) is 1.80. The number of benzene rings is 1. The topological polar surface area (TPSA) is 67.3 Å². The number of nitrogens with zero attached hydrogens (tertiary/aromatic N) is 2. The molecule has 2 rings (SSSR count). The number of halogens is 1. The number of anilines is 1. The second-order valence-corrected chi connectivity index (χ2v) is 5.29. The van der Waals surface area contributed by atoms with Gasteiger partial charge in [0.15, 0.2) is 17.3 Å². The first-order valence-electron chi connectivity index (χ1n) is 6.22. The van der Waals surface area contributed by atoms with Crippen LogP contribution in [0.25, 0.3) is 11.4 Å². The molecule has 0 unspecified atom stereocenters. The van der Waals surface area contributed by atoms with Crippen LogP contribution in [0.15, 0.2) is 18.2 Å². The quantitative estimate of drug-likeness (QED) is 0.792. The van der Waals surface area contributed by atoms with Gasteiger partial charge in [-0.2, -0.15) is 0 Å². The largest absolute Gasteiger partial charge is 0.504 e. The summed E-state index contributed by atoms with van der Waals surface area (Å²) in [6, 6.07) is 5.14. The molecule has 1 aromatic carbocycles. The Bertz CT molecular complexity index is 632. The van der Waals surface area contributed by atoms with Crippen molar-refractivity contribution in [3.63, 3.8) is 0 Å². The van der Waals surface area contributed by atoms with E-state index in [1.807, 2.05) is 19.9 Å². The van der Waals surface area contributed by atoms with E-state index in [-0.39, 0.29) is 5.75 Å². The normalized spacial score (nSPS) is 10.4. The van der Waals surface area contributed by atoms with E-state index in [2.05, 4.69) is 37.9 Å². The second-order valence-electron chi connectivity index (χ2n) is 4.21. The van der Waals surface area contributed by atoms with Gasteiger partial charge in [-0.1, -0.05) is 0 Å². The number of hydrogen-bond acceptors (Lipinski definition) is 5. The van der Waals surface area contributed by atoms with Crippen molar-refractivity contribution in [1.29, 1.82) is 0 Å². The summed E-state index contributed by atoms with van der Waals surface area (Å²) >= 11 is 2.23. The number of methoxy groups -OCH3 is 1. The van der Waals surface area contributed by atoms with Crippen LogP contribution in [0.4, 0.5) is 5.82 Å². The van der Waals surface area contributed by atoms with E-state index in [9.17, 15) is 5.11 Å². The van der Waals surface area contributed by atoms with Crippen LogP contribution in [-0.2, 0) is 0 Å². The van der Waals surface area contributed by atoms with Gasteiger partial charge in [-0.05, 0) is 54.6 Å². The van der Waals surface area contributed by atoms with Gasteiger partial charge in [0.25, 0.3) is 0 Å². The number of aromatic hydroxyl groups is 1. The molecule has 0 fully saturated rings. The highest BCUT2D eigenvalue weighted by atomic mass is 127. The first-order valence-corrected chi connectivity index (χ1v) is 7.30. The average Bonchev–Trinajstić information content (AvgIpc) is 2.43. The number of ether oxygens (including phenoxy) is 1. The van der Waals surface area contributed by atoms with Crippen molar-refractivity contribution in [1.82, 2.24) is 9.97 Å². The van der Waals surface area contributed by atoms with E-state index in [0.717, 1.165) is 27.2 Å². The van der Waals surface area contributed by atoms with Crippen molar-refractivity contribution in [3.05, 3.63) is 27.5 Å². The van der Waals surface area contributed by atoms with Crippen LogP contribution < -0.4 is 10.1 Å². The Balaban J connectivity index is 2.49. The van der Waals surface area contributed by atoms with Gasteiger partial charge in [-0.15, -0.1) is 0 Å². The zero-order valence-corrected chi connectivity index (χ0v) is 13.7. The molecule has 2 aromatic rings. The van der Waals surface area contributed by atoms with Gasteiger partial charge in [-0.25, -0.2) is 9.97 Å². The van der Waals surface area contributed by atoms with Crippen LogP contribution in [0.2, 0.25) is 0 Å². The van der Waals surface area contributed by atoms with Crippen molar-refractivity contribution in [3.8, 4) is 22.9 Å². The number of rotatable bonds is 4. The van der Waals surface area contributed by atoms with Crippen LogP contribution in [-0.4, -0.2) is 28.7 Å².